The summed E-state index contributed by atoms with van der Waals surface area (Å²) in [6, 6.07) is 11.2. The van der Waals surface area contributed by atoms with Crippen LogP contribution in [0.4, 0.5) is 5.69 Å². The molecule has 1 amide bonds. The second-order valence-electron chi connectivity index (χ2n) is 5.99. The maximum atomic E-state index is 12.1. The first-order valence-electron chi connectivity index (χ1n) is 6.71. The average molecular weight is 285 g/mol. The Hall–Kier alpha value is -2.49. The van der Waals surface area contributed by atoms with Crippen molar-refractivity contribution >= 4 is 11.6 Å². The Kier molecular flexibility index (Phi) is 3.89. The normalized spacial score (nSPS) is 11.2. The molecule has 2 rings (SSSR count). The molecule has 3 N–H and O–H groups in total. The first-order valence-corrected chi connectivity index (χ1v) is 6.71. The van der Waals surface area contributed by atoms with Crippen molar-refractivity contribution < 1.29 is 15.0 Å². The minimum atomic E-state index is -0.382. The lowest BCUT2D eigenvalue weighted by Gasteiger charge is -2.20. The molecule has 21 heavy (non-hydrogen) atoms. The van der Waals surface area contributed by atoms with Crippen LogP contribution in [-0.2, 0) is 5.41 Å². The smallest absolute Gasteiger partial charge is 0.255 e. The second-order valence-corrected chi connectivity index (χ2v) is 5.99. The summed E-state index contributed by atoms with van der Waals surface area (Å²) in [4.78, 5) is 12.1. The molecule has 4 nitrogen and oxygen atoms in total. The number of phenols is 2. The third-order valence-electron chi connectivity index (χ3n) is 3.22. The van der Waals surface area contributed by atoms with Crippen molar-refractivity contribution in [1.29, 1.82) is 0 Å². The van der Waals surface area contributed by atoms with E-state index in [9.17, 15) is 15.0 Å². The van der Waals surface area contributed by atoms with Gasteiger partial charge in [-0.15, -0.1) is 0 Å². The molecule has 0 saturated carbocycles. The number of phenolic OH excluding ortho intramolecular Hbond substituents is 2. The fraction of sp³-hybridized carbons (Fsp3) is 0.235. The van der Waals surface area contributed by atoms with Crippen LogP contribution in [-0.4, -0.2) is 16.1 Å². The summed E-state index contributed by atoms with van der Waals surface area (Å²) in [6.45, 7) is 6.17. The number of carbonyl (C=O) groups is 1. The lowest BCUT2D eigenvalue weighted by atomic mass is 9.87. The predicted molar refractivity (Wildman–Crippen MR) is 82.9 cm³/mol. The monoisotopic (exact) mass is 285 g/mol. The van der Waals surface area contributed by atoms with Crippen LogP contribution in [0.1, 0.15) is 36.7 Å². The van der Waals surface area contributed by atoms with Crippen LogP contribution in [0.15, 0.2) is 42.5 Å². The SMILES string of the molecule is CC(C)(C)c1ccc(O)c(NC(=O)c2cccc(O)c2)c1. The molecule has 0 atom stereocenters. The number of rotatable bonds is 2. The van der Waals surface area contributed by atoms with Crippen LogP contribution >= 0.6 is 0 Å². The molecule has 0 saturated heterocycles. The first kappa shape index (κ1) is 14.9. The zero-order valence-corrected chi connectivity index (χ0v) is 12.3. The van der Waals surface area contributed by atoms with Gasteiger partial charge in [-0.3, -0.25) is 4.79 Å². The van der Waals surface area contributed by atoms with Gasteiger partial charge in [-0.05, 0) is 41.3 Å². The predicted octanol–water partition coefficient (Wildman–Crippen LogP) is 3.65. The molecule has 0 aliphatic rings. The Labute approximate surface area is 124 Å². The lowest BCUT2D eigenvalue weighted by molar-refractivity contribution is 0.102. The van der Waals surface area contributed by atoms with E-state index >= 15 is 0 Å². The molecule has 0 spiro atoms. The zero-order valence-electron chi connectivity index (χ0n) is 12.3. The number of amides is 1. The summed E-state index contributed by atoms with van der Waals surface area (Å²) in [6.07, 6.45) is 0. The summed E-state index contributed by atoms with van der Waals surface area (Å²) in [5, 5.41) is 22.0. The van der Waals surface area contributed by atoms with Gasteiger partial charge < -0.3 is 15.5 Å². The minimum Gasteiger partial charge on any atom is -0.508 e. The Morgan fingerprint density at radius 3 is 2.38 bits per heavy atom. The van der Waals surface area contributed by atoms with Crippen LogP contribution in [0.2, 0.25) is 0 Å². The average Bonchev–Trinajstić information content (AvgIpc) is 2.40. The van der Waals surface area contributed by atoms with Gasteiger partial charge in [-0.2, -0.15) is 0 Å². The number of anilines is 1. The van der Waals surface area contributed by atoms with Gasteiger partial charge in [0.1, 0.15) is 11.5 Å². The van der Waals surface area contributed by atoms with Gasteiger partial charge in [0.15, 0.2) is 0 Å². The number of benzene rings is 2. The molecule has 4 heteroatoms. The van der Waals surface area contributed by atoms with E-state index in [4.69, 9.17) is 0 Å². The molecule has 0 unspecified atom stereocenters. The lowest BCUT2D eigenvalue weighted by Crippen LogP contribution is -2.14. The van der Waals surface area contributed by atoms with E-state index in [2.05, 4.69) is 26.1 Å². The van der Waals surface area contributed by atoms with Crippen LogP contribution in [0.3, 0.4) is 0 Å². The van der Waals surface area contributed by atoms with E-state index in [1.807, 2.05) is 6.07 Å². The van der Waals surface area contributed by atoms with Crippen molar-refractivity contribution in [2.24, 2.45) is 0 Å². The number of hydrogen-bond donors (Lipinski definition) is 3. The molecule has 0 aliphatic carbocycles. The van der Waals surface area contributed by atoms with Gasteiger partial charge in [-0.1, -0.05) is 32.9 Å². The van der Waals surface area contributed by atoms with Crippen molar-refractivity contribution in [2.45, 2.75) is 26.2 Å². The van der Waals surface area contributed by atoms with E-state index in [-0.39, 0.29) is 22.8 Å². The molecule has 0 aliphatic heterocycles. The minimum absolute atomic E-state index is 0.0107. The Balaban J connectivity index is 2.29. The molecule has 0 fully saturated rings. The molecule has 0 bridgehead atoms. The molecule has 110 valence electrons. The van der Waals surface area contributed by atoms with Gasteiger partial charge in [0, 0.05) is 5.56 Å². The van der Waals surface area contributed by atoms with Gasteiger partial charge >= 0.3 is 0 Å². The third kappa shape index (κ3) is 3.54. The Morgan fingerprint density at radius 1 is 1.05 bits per heavy atom. The fourth-order valence-electron chi connectivity index (χ4n) is 1.94. The summed E-state index contributed by atoms with van der Waals surface area (Å²) in [7, 11) is 0. The van der Waals surface area contributed by atoms with E-state index in [1.165, 1.54) is 12.1 Å². The Morgan fingerprint density at radius 2 is 1.76 bits per heavy atom. The van der Waals surface area contributed by atoms with Crippen molar-refractivity contribution in [3.8, 4) is 11.5 Å². The van der Waals surface area contributed by atoms with Crippen molar-refractivity contribution in [3.63, 3.8) is 0 Å². The molecule has 2 aromatic carbocycles. The Bertz CT molecular complexity index is 672. The highest BCUT2D eigenvalue weighted by atomic mass is 16.3. The largest absolute Gasteiger partial charge is 0.508 e. The summed E-state index contributed by atoms with van der Waals surface area (Å²) < 4.78 is 0. The van der Waals surface area contributed by atoms with Gasteiger partial charge in [0.25, 0.3) is 5.91 Å². The summed E-state index contributed by atoms with van der Waals surface area (Å²) >= 11 is 0. The highest BCUT2D eigenvalue weighted by molar-refractivity contribution is 6.05. The molecular weight excluding hydrogens is 266 g/mol. The second kappa shape index (κ2) is 5.48. The van der Waals surface area contributed by atoms with Gasteiger partial charge in [-0.25, -0.2) is 0 Å². The highest BCUT2D eigenvalue weighted by Crippen LogP contribution is 2.31. The van der Waals surface area contributed by atoms with E-state index in [0.717, 1.165) is 5.56 Å². The topological polar surface area (TPSA) is 69.6 Å². The molecule has 2 aromatic rings. The number of hydrogen-bond acceptors (Lipinski definition) is 3. The maximum Gasteiger partial charge on any atom is 0.255 e. The summed E-state index contributed by atoms with van der Waals surface area (Å²) in [5.74, 6) is -0.348. The fourth-order valence-corrected chi connectivity index (χ4v) is 1.94. The van der Waals surface area contributed by atoms with Crippen LogP contribution in [0, 0.1) is 0 Å². The third-order valence-corrected chi connectivity index (χ3v) is 3.22. The molecule has 0 heterocycles. The standard InChI is InChI=1S/C17H19NO3/c1-17(2,3)12-7-8-15(20)14(10-12)18-16(21)11-5-4-6-13(19)9-11/h4-10,19-20H,1-3H3,(H,18,21). The van der Waals surface area contributed by atoms with E-state index in [1.54, 1.807) is 24.3 Å². The number of aromatic hydroxyl groups is 2. The molecule has 0 aromatic heterocycles. The van der Waals surface area contributed by atoms with Crippen molar-refractivity contribution in [1.82, 2.24) is 0 Å². The molecular formula is C17H19NO3. The number of carbonyl (C=O) groups excluding carboxylic acids is 1. The number of nitrogens with one attached hydrogen (secondary N) is 1. The first-order chi connectivity index (χ1) is 9.77. The highest BCUT2D eigenvalue weighted by Gasteiger charge is 2.17. The van der Waals surface area contributed by atoms with Crippen LogP contribution in [0.5, 0.6) is 11.5 Å². The maximum absolute atomic E-state index is 12.1. The van der Waals surface area contributed by atoms with E-state index in [0.29, 0.717) is 11.3 Å². The quantitative estimate of drug-likeness (QED) is 0.738. The molecule has 0 radical (unpaired) electrons. The van der Waals surface area contributed by atoms with Gasteiger partial charge in [0.2, 0.25) is 0 Å². The van der Waals surface area contributed by atoms with Crippen LogP contribution < -0.4 is 5.32 Å². The zero-order chi connectivity index (χ0) is 15.6. The van der Waals surface area contributed by atoms with Gasteiger partial charge in [0.05, 0.1) is 5.69 Å². The van der Waals surface area contributed by atoms with E-state index < -0.39 is 0 Å². The van der Waals surface area contributed by atoms with Crippen molar-refractivity contribution in [3.05, 3.63) is 53.6 Å². The van der Waals surface area contributed by atoms with Crippen molar-refractivity contribution in [2.75, 3.05) is 5.32 Å². The summed E-state index contributed by atoms with van der Waals surface area (Å²) in [5.41, 5.74) is 1.61. The van der Waals surface area contributed by atoms with Crippen LogP contribution in [0.25, 0.3) is 0 Å².